The Labute approximate surface area is 235 Å². The number of halogens is 3. The molecule has 2 atom stereocenters. The van der Waals surface area contributed by atoms with E-state index in [-0.39, 0.29) is 41.6 Å². The van der Waals surface area contributed by atoms with Crippen molar-refractivity contribution in [1.82, 2.24) is 5.32 Å². The van der Waals surface area contributed by atoms with E-state index in [1.165, 1.54) is 24.3 Å². The molecule has 0 bridgehead atoms. The summed E-state index contributed by atoms with van der Waals surface area (Å²) >= 11 is 0. The van der Waals surface area contributed by atoms with Gasteiger partial charge in [0, 0.05) is 35.2 Å². The fourth-order valence-electron chi connectivity index (χ4n) is 5.63. The summed E-state index contributed by atoms with van der Waals surface area (Å²) < 4.78 is 50.5. The Balaban J connectivity index is 1.49. The van der Waals surface area contributed by atoms with Crippen LogP contribution in [0.2, 0.25) is 0 Å². The highest BCUT2D eigenvalue weighted by atomic mass is 19.4. The summed E-state index contributed by atoms with van der Waals surface area (Å²) in [7, 11) is 1.58. The molecule has 0 saturated heterocycles. The number of dihydropyridines is 1. The largest absolute Gasteiger partial charge is 0.508 e. The van der Waals surface area contributed by atoms with Gasteiger partial charge in [0.05, 0.1) is 18.2 Å². The summed E-state index contributed by atoms with van der Waals surface area (Å²) in [6, 6.07) is 18.4. The van der Waals surface area contributed by atoms with Crippen LogP contribution in [0.25, 0.3) is 0 Å². The van der Waals surface area contributed by atoms with Crippen LogP contribution in [0, 0.1) is 0 Å². The molecule has 0 radical (unpaired) electrons. The lowest BCUT2D eigenvalue weighted by Gasteiger charge is -2.37. The molecule has 0 amide bonds. The third-order valence-corrected chi connectivity index (χ3v) is 7.45. The summed E-state index contributed by atoms with van der Waals surface area (Å²) in [6.45, 7) is 1.31. The van der Waals surface area contributed by atoms with Crippen LogP contribution in [0.1, 0.15) is 53.9 Å². The van der Waals surface area contributed by atoms with E-state index in [2.05, 4.69) is 5.32 Å². The summed E-state index contributed by atoms with van der Waals surface area (Å²) in [6.07, 6.45) is -3.86. The summed E-state index contributed by atoms with van der Waals surface area (Å²) in [5.74, 6) is -1.28. The first-order chi connectivity index (χ1) is 19.6. The molecule has 9 heteroatoms. The van der Waals surface area contributed by atoms with Gasteiger partial charge in [-0.2, -0.15) is 13.2 Å². The van der Waals surface area contributed by atoms with E-state index in [4.69, 9.17) is 9.47 Å². The van der Waals surface area contributed by atoms with Gasteiger partial charge in [0.1, 0.15) is 18.1 Å². The fourth-order valence-corrected chi connectivity index (χ4v) is 5.63. The number of hydrogen-bond donors (Lipinski definition) is 2. The van der Waals surface area contributed by atoms with Gasteiger partial charge in [-0.05, 0) is 60.4 Å². The highest BCUT2D eigenvalue weighted by molar-refractivity contribution is 6.04. The number of aromatic hydroxyl groups is 1. The Hall–Kier alpha value is -4.53. The number of allylic oxidation sites excluding steroid dienone is 3. The van der Waals surface area contributed by atoms with Crippen molar-refractivity contribution in [2.45, 2.75) is 44.4 Å². The van der Waals surface area contributed by atoms with E-state index in [1.54, 1.807) is 26.2 Å². The van der Waals surface area contributed by atoms with Gasteiger partial charge in [0.15, 0.2) is 5.78 Å². The number of rotatable bonds is 6. The zero-order valence-corrected chi connectivity index (χ0v) is 22.4. The number of hydrogen-bond acceptors (Lipinski definition) is 6. The first-order valence-electron chi connectivity index (χ1n) is 13.1. The number of phenols is 1. The highest BCUT2D eigenvalue weighted by Crippen LogP contribution is 2.47. The van der Waals surface area contributed by atoms with Crippen LogP contribution in [0.5, 0.6) is 11.5 Å². The lowest BCUT2D eigenvalue weighted by atomic mass is 9.71. The molecule has 41 heavy (non-hydrogen) atoms. The number of alkyl halides is 3. The minimum Gasteiger partial charge on any atom is -0.508 e. The molecule has 0 saturated carbocycles. The molecular formula is C32H28F3NO5. The first kappa shape index (κ1) is 28.0. The topological polar surface area (TPSA) is 84.9 Å². The van der Waals surface area contributed by atoms with Crippen LogP contribution in [-0.4, -0.2) is 24.0 Å². The number of nitrogens with one attached hydrogen (secondary N) is 1. The maximum Gasteiger partial charge on any atom is 0.416 e. The maximum absolute atomic E-state index is 13.8. The van der Waals surface area contributed by atoms with Crippen molar-refractivity contribution in [2.75, 3.05) is 7.11 Å². The van der Waals surface area contributed by atoms with Crippen LogP contribution >= 0.6 is 0 Å². The summed E-state index contributed by atoms with van der Waals surface area (Å²) in [4.78, 5) is 27.3. The molecule has 0 spiro atoms. The molecule has 0 aromatic heterocycles. The van der Waals surface area contributed by atoms with Crippen molar-refractivity contribution >= 4 is 11.8 Å². The Morgan fingerprint density at radius 1 is 1.02 bits per heavy atom. The monoisotopic (exact) mass is 563 g/mol. The summed E-state index contributed by atoms with van der Waals surface area (Å²) in [5.41, 5.74) is 2.44. The molecule has 2 N–H and O–H groups in total. The Morgan fingerprint density at radius 2 is 1.78 bits per heavy atom. The minimum absolute atomic E-state index is 0.0346. The first-order valence-corrected chi connectivity index (χ1v) is 13.1. The Morgan fingerprint density at radius 3 is 2.51 bits per heavy atom. The van der Waals surface area contributed by atoms with Crippen molar-refractivity contribution in [3.8, 4) is 11.5 Å². The van der Waals surface area contributed by atoms with Gasteiger partial charge >= 0.3 is 12.1 Å². The predicted molar refractivity (Wildman–Crippen MR) is 145 cm³/mol. The number of Topliss-reactive ketones (excluding diaryl/α,β-unsaturated/α-hetero) is 1. The molecule has 3 aromatic carbocycles. The van der Waals surface area contributed by atoms with Gasteiger partial charge in [-0.25, -0.2) is 4.79 Å². The minimum atomic E-state index is -4.53. The average Bonchev–Trinajstić information content (AvgIpc) is 2.94. The second-order valence-corrected chi connectivity index (χ2v) is 10.1. The number of carbonyl (C=O) groups excluding carboxylic acids is 2. The highest BCUT2D eigenvalue weighted by Gasteiger charge is 2.42. The van der Waals surface area contributed by atoms with Gasteiger partial charge < -0.3 is 19.9 Å². The summed E-state index contributed by atoms with van der Waals surface area (Å²) in [5, 5.41) is 13.5. The zero-order chi connectivity index (χ0) is 29.3. The van der Waals surface area contributed by atoms with Gasteiger partial charge in [-0.15, -0.1) is 0 Å². The van der Waals surface area contributed by atoms with E-state index < -0.39 is 23.6 Å². The second-order valence-electron chi connectivity index (χ2n) is 10.1. The van der Waals surface area contributed by atoms with Gasteiger partial charge in [0.2, 0.25) is 0 Å². The van der Waals surface area contributed by atoms with Gasteiger partial charge in [-0.1, -0.05) is 42.5 Å². The van der Waals surface area contributed by atoms with Crippen LogP contribution in [0.15, 0.2) is 95.3 Å². The van der Waals surface area contributed by atoms with E-state index in [1.807, 2.05) is 24.3 Å². The standard InChI is InChI=1S/C32H28F3NO5/c1-18-28(31(39)41-17-19-7-5-9-22(13-19)32(33,34)35)29(20-8-6-10-23(37)14-20)30-25(36-18)15-21(16-26(30)38)24-11-3-4-12-27(24)40-2/h3-14,21,29,36-37H,15-17H2,1-2H3. The van der Waals surface area contributed by atoms with Crippen LogP contribution in [0.4, 0.5) is 13.2 Å². The SMILES string of the molecule is COc1ccccc1C1CC(=O)C2=C(C1)NC(C)=C(C(=O)OCc1cccc(C(F)(F)F)c1)C2c1cccc(O)c1. The average molecular weight is 564 g/mol. The second kappa shape index (κ2) is 11.2. The molecule has 6 nitrogen and oxygen atoms in total. The van der Waals surface area contributed by atoms with E-state index in [9.17, 15) is 27.9 Å². The number of para-hydroxylation sites is 1. The van der Waals surface area contributed by atoms with Crippen molar-refractivity contribution in [3.05, 3.63) is 118 Å². The Kier molecular flexibility index (Phi) is 7.62. The lowest BCUT2D eigenvalue weighted by molar-refractivity contribution is -0.140. The molecule has 0 fully saturated rings. The van der Waals surface area contributed by atoms with Crippen LogP contribution in [0.3, 0.4) is 0 Å². The van der Waals surface area contributed by atoms with Crippen LogP contribution < -0.4 is 10.1 Å². The molecule has 212 valence electrons. The molecular weight excluding hydrogens is 535 g/mol. The third kappa shape index (κ3) is 5.70. The molecule has 1 aliphatic heterocycles. The van der Waals surface area contributed by atoms with Crippen molar-refractivity contribution in [3.63, 3.8) is 0 Å². The van der Waals surface area contributed by atoms with Crippen molar-refractivity contribution < 1.29 is 37.3 Å². The van der Waals surface area contributed by atoms with E-state index in [0.29, 0.717) is 34.7 Å². The van der Waals surface area contributed by atoms with E-state index >= 15 is 0 Å². The fraction of sp³-hybridized carbons (Fsp3) is 0.250. The normalized spacial score (nSPS) is 19.0. The predicted octanol–water partition coefficient (Wildman–Crippen LogP) is 6.52. The lowest BCUT2D eigenvalue weighted by Crippen LogP contribution is -2.36. The maximum atomic E-state index is 13.8. The smallest absolute Gasteiger partial charge is 0.416 e. The van der Waals surface area contributed by atoms with Gasteiger partial charge in [0.25, 0.3) is 0 Å². The quantitative estimate of drug-likeness (QED) is 0.332. The number of benzene rings is 3. The number of phenolic OH excluding ortho intramolecular Hbond substituents is 1. The van der Waals surface area contributed by atoms with E-state index in [0.717, 1.165) is 17.7 Å². The number of esters is 1. The van der Waals surface area contributed by atoms with Crippen molar-refractivity contribution in [1.29, 1.82) is 0 Å². The molecule has 1 heterocycles. The third-order valence-electron chi connectivity index (χ3n) is 7.45. The number of methoxy groups -OCH3 is 1. The number of carbonyl (C=O) groups is 2. The van der Waals surface area contributed by atoms with Crippen LogP contribution in [-0.2, 0) is 27.1 Å². The molecule has 2 unspecified atom stereocenters. The number of ketones is 1. The molecule has 1 aliphatic carbocycles. The molecule has 3 aromatic rings. The molecule has 5 rings (SSSR count). The Bertz CT molecular complexity index is 1570. The van der Waals surface area contributed by atoms with Gasteiger partial charge in [-0.3, -0.25) is 4.79 Å². The molecule has 2 aliphatic rings. The number of ether oxygens (including phenoxy) is 2. The van der Waals surface area contributed by atoms with Crippen molar-refractivity contribution in [2.24, 2.45) is 0 Å². The zero-order valence-electron chi connectivity index (χ0n) is 22.4.